The van der Waals surface area contributed by atoms with Crippen molar-refractivity contribution in [2.75, 3.05) is 19.6 Å². The first-order valence-electron chi connectivity index (χ1n) is 9.83. The molecule has 5 heteroatoms. The number of hydrogen-bond acceptors (Lipinski definition) is 3. The van der Waals surface area contributed by atoms with Crippen molar-refractivity contribution < 1.29 is 5.11 Å². The highest BCUT2D eigenvalue weighted by Crippen LogP contribution is 2.24. The van der Waals surface area contributed by atoms with Crippen LogP contribution in [0.2, 0.25) is 0 Å². The molecule has 0 spiro atoms. The van der Waals surface area contributed by atoms with Crippen molar-refractivity contribution in [2.24, 2.45) is 5.92 Å². The number of aromatic nitrogens is 2. The van der Waals surface area contributed by atoms with Gasteiger partial charge in [0.05, 0.1) is 17.1 Å². The minimum absolute atomic E-state index is 0.214. The van der Waals surface area contributed by atoms with E-state index in [-0.39, 0.29) is 5.69 Å². The predicted octanol–water partition coefficient (Wildman–Crippen LogP) is 3.23. The molecule has 1 aliphatic rings. The normalized spacial score (nSPS) is 19.4. The van der Waals surface area contributed by atoms with Gasteiger partial charge in [0.25, 0.3) is 0 Å². The Balaban J connectivity index is 1.32. The van der Waals surface area contributed by atoms with Crippen molar-refractivity contribution in [2.45, 2.75) is 31.8 Å². The van der Waals surface area contributed by atoms with Gasteiger partial charge in [0.15, 0.2) is 0 Å². The Morgan fingerprint density at radius 1 is 1.11 bits per heavy atom. The van der Waals surface area contributed by atoms with Crippen LogP contribution in [0.3, 0.4) is 0 Å². The third kappa shape index (κ3) is 4.49. The van der Waals surface area contributed by atoms with Gasteiger partial charge in [-0.15, -0.1) is 0 Å². The van der Waals surface area contributed by atoms with Crippen molar-refractivity contribution in [3.8, 4) is 0 Å². The molecule has 2 atom stereocenters. The molecule has 2 aromatic carbocycles. The first-order valence-corrected chi connectivity index (χ1v) is 9.83. The number of imidazole rings is 1. The van der Waals surface area contributed by atoms with E-state index in [4.69, 9.17) is 0 Å². The van der Waals surface area contributed by atoms with Gasteiger partial charge in [0.2, 0.25) is 0 Å². The van der Waals surface area contributed by atoms with E-state index in [1.54, 1.807) is 0 Å². The predicted molar refractivity (Wildman–Crippen MR) is 108 cm³/mol. The van der Waals surface area contributed by atoms with E-state index in [2.05, 4.69) is 45.2 Å². The second kappa shape index (κ2) is 8.11. The average Bonchev–Trinajstić information content (AvgIpc) is 3.06. The fraction of sp³-hybridized carbons (Fsp3) is 0.409. The molecular formula is C22H27N3O2. The van der Waals surface area contributed by atoms with Gasteiger partial charge in [-0.25, -0.2) is 4.79 Å². The summed E-state index contributed by atoms with van der Waals surface area (Å²) < 4.78 is 0. The van der Waals surface area contributed by atoms with Crippen LogP contribution in [-0.4, -0.2) is 39.6 Å². The molecule has 3 aromatic rings. The number of H-pyrrole nitrogens is 2. The van der Waals surface area contributed by atoms with Crippen LogP contribution in [0.1, 0.15) is 36.5 Å². The van der Waals surface area contributed by atoms with Crippen LogP contribution in [0.5, 0.6) is 0 Å². The summed E-state index contributed by atoms with van der Waals surface area (Å²) in [4.78, 5) is 19.4. The summed E-state index contributed by atoms with van der Waals surface area (Å²) in [6.45, 7) is 3.11. The van der Waals surface area contributed by atoms with Gasteiger partial charge in [0.1, 0.15) is 0 Å². The number of nitrogens with one attached hydrogen (secondary N) is 2. The zero-order valence-corrected chi connectivity index (χ0v) is 15.5. The standard InChI is InChI=1S/C22H27N3O2/c26-21(18-8-9-19-20(14-18)24-22(27)23-19)10-12-25-11-4-7-17(15-25)13-16-5-2-1-3-6-16/h1-3,5-6,8-9,14,17,21,26H,4,7,10-13,15H2,(H2,23,24,27)/t17-,21?/m1/s1. The minimum atomic E-state index is -0.512. The number of nitrogens with zero attached hydrogens (tertiary/aromatic N) is 1. The highest BCUT2D eigenvalue weighted by atomic mass is 16.3. The van der Waals surface area contributed by atoms with Gasteiger partial charge in [-0.3, -0.25) is 0 Å². The van der Waals surface area contributed by atoms with Crippen LogP contribution in [0.15, 0.2) is 53.3 Å². The molecule has 1 aliphatic heterocycles. The highest BCUT2D eigenvalue weighted by molar-refractivity contribution is 5.75. The molecule has 4 rings (SSSR count). The monoisotopic (exact) mass is 365 g/mol. The maximum absolute atomic E-state index is 11.4. The van der Waals surface area contributed by atoms with E-state index in [1.807, 2.05) is 18.2 Å². The number of piperidine rings is 1. The van der Waals surface area contributed by atoms with E-state index < -0.39 is 6.10 Å². The molecular weight excluding hydrogens is 338 g/mol. The molecule has 1 aromatic heterocycles. The lowest BCUT2D eigenvalue weighted by molar-refractivity contribution is 0.118. The van der Waals surface area contributed by atoms with Gasteiger partial charge in [-0.1, -0.05) is 36.4 Å². The summed E-state index contributed by atoms with van der Waals surface area (Å²) in [5.41, 5.74) is 3.58. The maximum atomic E-state index is 11.4. The van der Waals surface area contributed by atoms with E-state index >= 15 is 0 Å². The summed E-state index contributed by atoms with van der Waals surface area (Å²) in [5.74, 6) is 0.694. The van der Waals surface area contributed by atoms with Gasteiger partial charge in [-0.2, -0.15) is 0 Å². The Hall–Kier alpha value is -2.37. The second-order valence-corrected chi connectivity index (χ2v) is 7.69. The zero-order valence-electron chi connectivity index (χ0n) is 15.5. The fourth-order valence-electron chi connectivity index (χ4n) is 4.20. The zero-order chi connectivity index (χ0) is 18.6. The number of aliphatic hydroxyl groups excluding tert-OH is 1. The Kier molecular flexibility index (Phi) is 5.41. The van der Waals surface area contributed by atoms with E-state index in [9.17, 15) is 9.90 Å². The third-order valence-electron chi connectivity index (χ3n) is 5.61. The van der Waals surface area contributed by atoms with Gasteiger partial charge in [-0.05, 0) is 61.4 Å². The fourth-order valence-corrected chi connectivity index (χ4v) is 4.20. The lowest BCUT2D eigenvalue weighted by Crippen LogP contribution is -2.37. The van der Waals surface area contributed by atoms with Crippen LogP contribution >= 0.6 is 0 Å². The largest absolute Gasteiger partial charge is 0.388 e. The number of fused-ring (bicyclic) bond motifs is 1. The maximum Gasteiger partial charge on any atom is 0.323 e. The SMILES string of the molecule is O=c1[nH]c2ccc(C(O)CCN3CCC[C@H](Cc4ccccc4)C3)cc2[nH]1. The number of aromatic amines is 2. The number of rotatable bonds is 6. The summed E-state index contributed by atoms with van der Waals surface area (Å²) in [6, 6.07) is 16.3. The molecule has 0 saturated carbocycles. The van der Waals surface area contributed by atoms with Crippen molar-refractivity contribution in [3.05, 3.63) is 70.1 Å². The molecule has 0 amide bonds. The molecule has 3 N–H and O–H groups in total. The molecule has 1 saturated heterocycles. The lowest BCUT2D eigenvalue weighted by Gasteiger charge is -2.33. The molecule has 27 heavy (non-hydrogen) atoms. The van der Waals surface area contributed by atoms with Crippen molar-refractivity contribution in [1.82, 2.24) is 14.9 Å². The van der Waals surface area contributed by atoms with E-state index in [1.165, 1.54) is 18.4 Å². The van der Waals surface area contributed by atoms with Gasteiger partial charge < -0.3 is 20.0 Å². The van der Waals surface area contributed by atoms with E-state index in [0.717, 1.165) is 42.7 Å². The summed E-state index contributed by atoms with van der Waals surface area (Å²) in [6.07, 6.45) is 3.84. The first kappa shape index (κ1) is 18.0. The van der Waals surface area contributed by atoms with Crippen LogP contribution in [-0.2, 0) is 6.42 Å². The minimum Gasteiger partial charge on any atom is -0.388 e. The van der Waals surface area contributed by atoms with Crippen molar-refractivity contribution >= 4 is 11.0 Å². The Bertz CT molecular complexity index is 931. The molecule has 2 heterocycles. The highest BCUT2D eigenvalue weighted by Gasteiger charge is 2.21. The Labute approximate surface area is 159 Å². The topological polar surface area (TPSA) is 72.1 Å². The van der Waals surface area contributed by atoms with Crippen LogP contribution < -0.4 is 5.69 Å². The van der Waals surface area contributed by atoms with Crippen molar-refractivity contribution in [1.29, 1.82) is 0 Å². The molecule has 0 radical (unpaired) electrons. The van der Waals surface area contributed by atoms with Crippen LogP contribution in [0.25, 0.3) is 11.0 Å². The first-order chi connectivity index (χ1) is 13.2. The smallest absolute Gasteiger partial charge is 0.323 e. The Morgan fingerprint density at radius 2 is 1.93 bits per heavy atom. The van der Waals surface area contributed by atoms with Gasteiger partial charge >= 0.3 is 5.69 Å². The summed E-state index contributed by atoms with van der Waals surface area (Å²) >= 11 is 0. The average molecular weight is 365 g/mol. The molecule has 142 valence electrons. The molecule has 0 bridgehead atoms. The van der Waals surface area contributed by atoms with Gasteiger partial charge in [0, 0.05) is 13.1 Å². The Morgan fingerprint density at radius 3 is 2.78 bits per heavy atom. The number of benzene rings is 2. The number of likely N-dealkylation sites (tertiary alicyclic amines) is 1. The molecule has 1 fully saturated rings. The van der Waals surface area contributed by atoms with Crippen LogP contribution in [0, 0.1) is 5.92 Å². The second-order valence-electron chi connectivity index (χ2n) is 7.69. The number of hydrogen-bond donors (Lipinski definition) is 3. The molecule has 1 unspecified atom stereocenters. The quantitative estimate of drug-likeness (QED) is 0.628. The van der Waals surface area contributed by atoms with E-state index in [0.29, 0.717) is 12.3 Å². The molecule has 5 nitrogen and oxygen atoms in total. The van der Waals surface area contributed by atoms with Crippen LogP contribution in [0.4, 0.5) is 0 Å². The lowest BCUT2D eigenvalue weighted by atomic mass is 9.91. The van der Waals surface area contributed by atoms with Crippen molar-refractivity contribution in [3.63, 3.8) is 0 Å². The number of aliphatic hydroxyl groups is 1. The summed E-state index contributed by atoms with van der Waals surface area (Å²) in [7, 11) is 0. The summed E-state index contributed by atoms with van der Waals surface area (Å²) in [5, 5.41) is 10.6. The molecule has 0 aliphatic carbocycles. The third-order valence-corrected chi connectivity index (χ3v) is 5.61.